The Balaban J connectivity index is 0. The number of sulfone groups is 2. The molecule has 0 aliphatic carbocycles. The van der Waals surface area contributed by atoms with Gasteiger partial charge in [-0.3, -0.25) is 0 Å². The number of rotatable bonds is 10. The average Bonchev–Trinajstić information content (AvgIpc) is 2.29. The zero-order valence-corrected chi connectivity index (χ0v) is 14.3. The van der Waals surface area contributed by atoms with Crippen molar-refractivity contribution in [3.63, 3.8) is 0 Å². The predicted octanol–water partition coefficient (Wildman–Crippen LogP) is 2.77. The van der Waals surface area contributed by atoms with Gasteiger partial charge in [-0.05, 0) is 38.5 Å². The maximum absolute atomic E-state index is 10.6. The van der Waals surface area contributed by atoms with Crippen LogP contribution in [0.1, 0.15) is 38.5 Å². The summed E-state index contributed by atoms with van der Waals surface area (Å²) in [6.07, 6.45) is 11.3. The van der Waals surface area contributed by atoms with E-state index in [-0.39, 0.29) is 0 Å². The van der Waals surface area contributed by atoms with Crippen molar-refractivity contribution in [3.8, 4) is 0 Å². The summed E-state index contributed by atoms with van der Waals surface area (Å²) in [5.74, 6) is 0.613. The third-order valence-electron chi connectivity index (χ3n) is 2.35. The smallest absolute Gasteiger partial charge is 0.147 e. The molecule has 120 valence electrons. The Labute approximate surface area is 124 Å². The summed E-state index contributed by atoms with van der Waals surface area (Å²) in [4.78, 5) is 0. The minimum Gasteiger partial charge on any atom is -0.229 e. The van der Waals surface area contributed by atoms with Crippen molar-refractivity contribution in [2.45, 2.75) is 38.5 Å². The van der Waals surface area contributed by atoms with Gasteiger partial charge < -0.3 is 0 Å². The van der Waals surface area contributed by atoms with Crippen molar-refractivity contribution in [2.75, 3.05) is 24.0 Å². The number of hydrogen-bond donors (Lipinski definition) is 0. The van der Waals surface area contributed by atoms with E-state index in [0.29, 0.717) is 11.5 Å². The number of unbranched alkanes of at least 4 members (excludes halogenated alkanes) is 4. The van der Waals surface area contributed by atoms with Crippen LogP contribution in [0.4, 0.5) is 0 Å². The maximum atomic E-state index is 10.6. The highest BCUT2D eigenvalue weighted by atomic mass is 32.2. The van der Waals surface area contributed by atoms with Crippen LogP contribution in [0, 0.1) is 0 Å². The first-order chi connectivity index (χ1) is 9.12. The monoisotopic (exact) mass is 324 g/mol. The highest BCUT2D eigenvalue weighted by Crippen LogP contribution is 1.98. The van der Waals surface area contributed by atoms with Gasteiger partial charge in [0.15, 0.2) is 0 Å². The third kappa shape index (κ3) is 26.0. The summed E-state index contributed by atoms with van der Waals surface area (Å²) in [5.41, 5.74) is 0. The normalized spacial score (nSPS) is 11.3. The minimum atomic E-state index is -2.74. The van der Waals surface area contributed by atoms with E-state index in [2.05, 4.69) is 13.2 Å². The van der Waals surface area contributed by atoms with Crippen LogP contribution in [0.15, 0.2) is 25.3 Å². The molecular weight excluding hydrogens is 296 g/mol. The van der Waals surface area contributed by atoms with Gasteiger partial charge >= 0.3 is 0 Å². The van der Waals surface area contributed by atoms with E-state index in [1.807, 2.05) is 12.2 Å². The molecule has 0 saturated heterocycles. The number of allylic oxidation sites excluding steroid dienone is 2. The molecule has 6 heteroatoms. The van der Waals surface area contributed by atoms with Gasteiger partial charge in [-0.2, -0.15) is 0 Å². The molecule has 0 rings (SSSR count). The van der Waals surface area contributed by atoms with Crippen LogP contribution in [0.3, 0.4) is 0 Å². The second kappa shape index (κ2) is 12.1. The third-order valence-corrected chi connectivity index (χ3v) is 4.41. The van der Waals surface area contributed by atoms with E-state index < -0.39 is 19.7 Å². The van der Waals surface area contributed by atoms with Crippen molar-refractivity contribution in [1.29, 1.82) is 0 Å². The van der Waals surface area contributed by atoms with Gasteiger partial charge in [0.1, 0.15) is 19.7 Å². The van der Waals surface area contributed by atoms with E-state index >= 15 is 0 Å². The molecule has 0 aromatic heterocycles. The average molecular weight is 325 g/mol. The van der Waals surface area contributed by atoms with Crippen LogP contribution < -0.4 is 0 Å². The molecule has 0 aliphatic heterocycles. The lowest BCUT2D eigenvalue weighted by atomic mass is 10.2. The summed E-state index contributed by atoms with van der Waals surface area (Å²) in [7, 11) is -5.48. The van der Waals surface area contributed by atoms with Crippen LogP contribution in [0.2, 0.25) is 0 Å². The standard InChI is InChI=1S/2C7H14O2S/c2*1-3-4-5-6-7-10(2,8)9/h2*3H,1,4-7H2,2H3. The van der Waals surface area contributed by atoms with E-state index in [9.17, 15) is 16.8 Å². The zero-order valence-electron chi connectivity index (χ0n) is 12.7. The Morgan fingerprint density at radius 2 is 1.00 bits per heavy atom. The van der Waals surface area contributed by atoms with Crippen LogP contribution >= 0.6 is 0 Å². The fourth-order valence-electron chi connectivity index (χ4n) is 1.31. The summed E-state index contributed by atoms with van der Waals surface area (Å²) >= 11 is 0. The van der Waals surface area contributed by atoms with Crippen molar-refractivity contribution < 1.29 is 16.8 Å². The zero-order chi connectivity index (χ0) is 16.1. The first-order valence-electron chi connectivity index (χ1n) is 6.69. The van der Waals surface area contributed by atoms with Gasteiger partial charge in [0.2, 0.25) is 0 Å². The van der Waals surface area contributed by atoms with Crippen molar-refractivity contribution in [1.82, 2.24) is 0 Å². The molecule has 0 aliphatic rings. The van der Waals surface area contributed by atoms with Crippen molar-refractivity contribution in [2.24, 2.45) is 0 Å². The topological polar surface area (TPSA) is 68.3 Å². The molecule has 0 N–H and O–H groups in total. The second-order valence-corrected chi connectivity index (χ2v) is 9.35. The lowest BCUT2D eigenvalue weighted by Crippen LogP contribution is -2.01. The Bertz CT molecular complexity index is 404. The van der Waals surface area contributed by atoms with Crippen LogP contribution in [0.25, 0.3) is 0 Å². The Hall–Kier alpha value is -0.620. The minimum absolute atomic E-state index is 0.306. The van der Waals surface area contributed by atoms with Crippen LogP contribution in [-0.4, -0.2) is 40.9 Å². The molecule has 0 spiro atoms. The largest absolute Gasteiger partial charge is 0.229 e. The van der Waals surface area contributed by atoms with Gasteiger partial charge in [0.05, 0.1) is 0 Å². The Morgan fingerprint density at radius 1 is 0.700 bits per heavy atom. The molecule has 0 aromatic rings. The van der Waals surface area contributed by atoms with Crippen LogP contribution in [-0.2, 0) is 19.7 Å². The SMILES string of the molecule is C=CCCCCS(C)(=O)=O.C=CCCCCS(C)(=O)=O. The molecule has 0 atom stereocenters. The first kappa shape index (κ1) is 21.7. The highest BCUT2D eigenvalue weighted by Gasteiger charge is 1.99. The molecule has 20 heavy (non-hydrogen) atoms. The lowest BCUT2D eigenvalue weighted by Gasteiger charge is -1.94. The summed E-state index contributed by atoms with van der Waals surface area (Å²) in [6, 6.07) is 0. The Morgan fingerprint density at radius 3 is 1.20 bits per heavy atom. The quantitative estimate of drug-likeness (QED) is 0.458. The Kier molecular flexibility index (Phi) is 13.2. The molecular formula is C14H28O4S2. The molecule has 0 saturated carbocycles. The summed E-state index contributed by atoms with van der Waals surface area (Å²) in [5, 5.41) is 0. The maximum Gasteiger partial charge on any atom is 0.147 e. The van der Waals surface area contributed by atoms with Gasteiger partial charge in [0.25, 0.3) is 0 Å². The van der Waals surface area contributed by atoms with Gasteiger partial charge in [-0.15, -0.1) is 13.2 Å². The molecule has 0 amide bonds. The van der Waals surface area contributed by atoms with E-state index in [0.717, 1.165) is 38.5 Å². The van der Waals surface area contributed by atoms with Crippen molar-refractivity contribution >= 4 is 19.7 Å². The predicted molar refractivity (Wildman–Crippen MR) is 87.5 cm³/mol. The molecule has 0 bridgehead atoms. The van der Waals surface area contributed by atoms with Crippen molar-refractivity contribution in [3.05, 3.63) is 25.3 Å². The summed E-state index contributed by atoms with van der Waals surface area (Å²) in [6.45, 7) is 7.09. The van der Waals surface area contributed by atoms with E-state index in [4.69, 9.17) is 0 Å². The number of hydrogen-bond acceptors (Lipinski definition) is 4. The highest BCUT2D eigenvalue weighted by molar-refractivity contribution is 7.90. The fraction of sp³-hybridized carbons (Fsp3) is 0.714. The van der Waals surface area contributed by atoms with Gasteiger partial charge in [-0.1, -0.05) is 12.2 Å². The summed E-state index contributed by atoms with van der Waals surface area (Å²) < 4.78 is 42.3. The van der Waals surface area contributed by atoms with Gasteiger partial charge in [-0.25, -0.2) is 16.8 Å². The van der Waals surface area contributed by atoms with E-state index in [1.54, 1.807) is 0 Å². The molecule has 0 unspecified atom stereocenters. The van der Waals surface area contributed by atoms with Crippen LogP contribution in [0.5, 0.6) is 0 Å². The second-order valence-electron chi connectivity index (χ2n) is 4.83. The molecule has 0 aromatic carbocycles. The molecule has 0 fully saturated rings. The van der Waals surface area contributed by atoms with E-state index in [1.165, 1.54) is 12.5 Å². The van der Waals surface area contributed by atoms with Gasteiger partial charge in [0, 0.05) is 24.0 Å². The molecule has 0 heterocycles. The lowest BCUT2D eigenvalue weighted by molar-refractivity contribution is 0.596. The molecule has 4 nitrogen and oxygen atoms in total. The first-order valence-corrected chi connectivity index (χ1v) is 10.8. The molecule has 0 radical (unpaired) electrons. The fourth-order valence-corrected chi connectivity index (χ4v) is 2.76.